The number of anilines is 1. The molecule has 42 heavy (non-hydrogen) atoms. The average molecular weight is 692 g/mol. The first-order valence-corrected chi connectivity index (χ1v) is 15.6. The van der Waals surface area contributed by atoms with Gasteiger partial charge in [-0.05, 0) is 80.0 Å². The highest BCUT2D eigenvalue weighted by atomic mass is 127. The second-order valence-corrected chi connectivity index (χ2v) is 13.5. The van der Waals surface area contributed by atoms with Crippen molar-refractivity contribution in [3.63, 3.8) is 0 Å². The zero-order chi connectivity index (χ0) is 29.8. The van der Waals surface area contributed by atoms with E-state index in [0.29, 0.717) is 17.8 Å². The number of benzene rings is 2. The molecule has 1 unspecified atom stereocenters. The number of ether oxygens (including phenoxy) is 1. The third-order valence-corrected chi connectivity index (χ3v) is 9.70. The van der Waals surface area contributed by atoms with E-state index >= 15 is 0 Å². The fraction of sp³-hybridized carbons (Fsp3) is 0.516. The SMILES string of the molecule is C[C@@H]1CCCCCN1c1nc(OCC2(CN(C)C)CC2(F)F)nc2c1CN(C(=O)c1cc(O)cc3cccc(I)c13)C2. The number of aromatic nitrogens is 2. The molecule has 0 radical (unpaired) electrons. The predicted octanol–water partition coefficient (Wildman–Crippen LogP) is 5.83. The Kier molecular flexibility index (Phi) is 7.70. The number of halogens is 3. The Morgan fingerprint density at radius 2 is 1.98 bits per heavy atom. The zero-order valence-electron chi connectivity index (χ0n) is 24.2. The van der Waals surface area contributed by atoms with Crippen molar-refractivity contribution in [1.82, 2.24) is 19.8 Å². The molecule has 1 N–H and O–H groups in total. The molecule has 8 nitrogen and oxygen atoms in total. The summed E-state index contributed by atoms with van der Waals surface area (Å²) in [6.45, 7) is 3.58. The smallest absolute Gasteiger partial charge is 0.318 e. The fourth-order valence-electron chi connectivity index (χ4n) is 6.52. The highest BCUT2D eigenvalue weighted by molar-refractivity contribution is 14.1. The molecular formula is C31H36F2IN5O3. The number of nitrogens with zero attached hydrogens (tertiary/aromatic N) is 5. The maximum atomic E-state index is 14.5. The van der Waals surface area contributed by atoms with Crippen LogP contribution in [0.3, 0.4) is 0 Å². The molecule has 1 amide bonds. The van der Waals surface area contributed by atoms with Crippen molar-refractivity contribution < 1.29 is 23.4 Å². The number of aromatic hydroxyl groups is 1. The average Bonchev–Trinajstić information content (AvgIpc) is 3.30. The van der Waals surface area contributed by atoms with Crippen molar-refractivity contribution in [1.29, 1.82) is 0 Å². The molecule has 3 aromatic rings. The molecule has 3 aliphatic rings. The number of rotatable bonds is 7. The lowest BCUT2D eigenvalue weighted by molar-refractivity contribution is 0.0287. The van der Waals surface area contributed by atoms with Gasteiger partial charge in [-0.25, -0.2) is 8.78 Å². The molecule has 3 heterocycles. The molecule has 224 valence electrons. The van der Waals surface area contributed by atoms with Crippen LogP contribution in [0.25, 0.3) is 10.8 Å². The number of amides is 1. The summed E-state index contributed by atoms with van der Waals surface area (Å²) in [6.07, 6.45) is 4.08. The lowest BCUT2D eigenvalue weighted by atomic mass is 10.0. The van der Waals surface area contributed by atoms with Gasteiger partial charge in [0.1, 0.15) is 18.2 Å². The van der Waals surface area contributed by atoms with Crippen LogP contribution in [0.2, 0.25) is 0 Å². The highest BCUT2D eigenvalue weighted by Gasteiger charge is 2.71. The Morgan fingerprint density at radius 3 is 2.71 bits per heavy atom. The van der Waals surface area contributed by atoms with Crippen molar-refractivity contribution >= 4 is 45.1 Å². The van der Waals surface area contributed by atoms with Crippen LogP contribution in [-0.4, -0.2) is 76.5 Å². The largest absolute Gasteiger partial charge is 0.508 e. The molecule has 6 rings (SSSR count). The molecule has 1 saturated heterocycles. The van der Waals surface area contributed by atoms with Gasteiger partial charge in [0.15, 0.2) is 0 Å². The molecule has 2 aromatic carbocycles. The minimum Gasteiger partial charge on any atom is -0.508 e. The first-order chi connectivity index (χ1) is 20.0. The maximum Gasteiger partial charge on any atom is 0.318 e. The van der Waals surface area contributed by atoms with Crippen LogP contribution in [0, 0.1) is 8.99 Å². The minimum absolute atomic E-state index is 0.0302. The molecule has 11 heteroatoms. The van der Waals surface area contributed by atoms with E-state index in [-0.39, 0.29) is 49.8 Å². The van der Waals surface area contributed by atoms with Crippen molar-refractivity contribution in [2.75, 3.05) is 38.7 Å². The summed E-state index contributed by atoms with van der Waals surface area (Å²) >= 11 is 2.21. The van der Waals surface area contributed by atoms with Crippen LogP contribution in [0.4, 0.5) is 14.6 Å². The predicted molar refractivity (Wildman–Crippen MR) is 165 cm³/mol. The Balaban J connectivity index is 1.34. The molecule has 2 fully saturated rings. The summed E-state index contributed by atoms with van der Waals surface area (Å²) in [5, 5.41) is 12.0. The molecule has 2 atom stereocenters. The van der Waals surface area contributed by atoms with Crippen LogP contribution in [0.1, 0.15) is 60.6 Å². The maximum absolute atomic E-state index is 14.5. The summed E-state index contributed by atoms with van der Waals surface area (Å²) in [5.41, 5.74) is 0.704. The Morgan fingerprint density at radius 1 is 1.19 bits per heavy atom. The third-order valence-electron chi connectivity index (χ3n) is 8.80. The van der Waals surface area contributed by atoms with E-state index in [4.69, 9.17) is 9.72 Å². The van der Waals surface area contributed by atoms with Crippen LogP contribution < -0.4 is 9.64 Å². The Bertz CT molecular complexity index is 1540. The number of phenols is 1. The van der Waals surface area contributed by atoms with Crippen molar-refractivity contribution in [3.8, 4) is 11.8 Å². The number of carbonyl (C=O) groups excluding carboxylic acids is 1. The number of alkyl halides is 2. The van der Waals surface area contributed by atoms with Crippen molar-refractivity contribution in [3.05, 3.63) is 50.7 Å². The van der Waals surface area contributed by atoms with Crippen molar-refractivity contribution in [2.24, 2.45) is 5.41 Å². The molecular weight excluding hydrogens is 655 g/mol. The molecule has 0 bridgehead atoms. The fourth-order valence-corrected chi connectivity index (χ4v) is 7.33. The summed E-state index contributed by atoms with van der Waals surface area (Å²) < 4.78 is 35.8. The van der Waals surface area contributed by atoms with Gasteiger partial charge in [-0.2, -0.15) is 9.97 Å². The topological polar surface area (TPSA) is 82.0 Å². The minimum atomic E-state index is -2.79. The Labute approximate surface area is 258 Å². The zero-order valence-corrected chi connectivity index (χ0v) is 26.3. The molecule has 0 spiro atoms. The van der Waals surface area contributed by atoms with Gasteiger partial charge in [-0.3, -0.25) is 4.79 Å². The Hall–Kier alpha value is -2.80. The number of fused-ring (bicyclic) bond motifs is 2. The van der Waals surface area contributed by atoms with Gasteiger partial charge in [-0.15, -0.1) is 0 Å². The van der Waals surface area contributed by atoms with Crippen LogP contribution in [0.5, 0.6) is 11.8 Å². The van der Waals surface area contributed by atoms with E-state index in [1.165, 1.54) is 6.07 Å². The lowest BCUT2D eigenvalue weighted by Gasteiger charge is -2.30. The van der Waals surface area contributed by atoms with E-state index in [1.54, 1.807) is 30.0 Å². The van der Waals surface area contributed by atoms with E-state index in [9.17, 15) is 18.7 Å². The van der Waals surface area contributed by atoms with E-state index in [2.05, 4.69) is 39.4 Å². The number of phenolic OH excluding ortho intramolecular Hbond substituents is 1. The van der Waals surface area contributed by atoms with E-state index < -0.39 is 11.3 Å². The second-order valence-electron chi connectivity index (χ2n) is 12.3. The molecule has 2 aliphatic heterocycles. The van der Waals surface area contributed by atoms with Crippen molar-refractivity contribution in [2.45, 2.75) is 64.1 Å². The van der Waals surface area contributed by atoms with Gasteiger partial charge in [0.05, 0.1) is 29.8 Å². The van der Waals surface area contributed by atoms with Crippen LogP contribution >= 0.6 is 22.6 Å². The summed E-state index contributed by atoms with van der Waals surface area (Å²) in [7, 11) is 3.56. The third kappa shape index (κ3) is 5.38. The first-order valence-electron chi connectivity index (χ1n) is 14.5. The van der Waals surface area contributed by atoms with Gasteiger partial charge >= 0.3 is 6.01 Å². The summed E-state index contributed by atoms with van der Waals surface area (Å²) in [6, 6.07) is 9.21. The normalized spacial score (nSPS) is 23.3. The van der Waals surface area contributed by atoms with Gasteiger partial charge < -0.3 is 24.5 Å². The number of hydrogen-bond donors (Lipinski definition) is 1. The lowest BCUT2D eigenvalue weighted by Crippen LogP contribution is -2.35. The number of hydrogen-bond acceptors (Lipinski definition) is 7. The van der Waals surface area contributed by atoms with E-state index in [1.807, 2.05) is 18.2 Å². The van der Waals surface area contributed by atoms with Crippen LogP contribution in [0.15, 0.2) is 30.3 Å². The molecule has 1 saturated carbocycles. The van der Waals surface area contributed by atoms with Gasteiger partial charge in [0, 0.05) is 40.1 Å². The number of carbonyl (C=O) groups is 1. The van der Waals surface area contributed by atoms with E-state index in [0.717, 1.165) is 58.0 Å². The quantitative estimate of drug-likeness (QED) is 0.313. The highest BCUT2D eigenvalue weighted by Crippen LogP contribution is 2.60. The second kappa shape index (κ2) is 11.0. The monoisotopic (exact) mass is 691 g/mol. The van der Waals surface area contributed by atoms with Crippen LogP contribution in [-0.2, 0) is 13.1 Å². The molecule has 1 aliphatic carbocycles. The van der Waals surface area contributed by atoms with Gasteiger partial charge in [-0.1, -0.05) is 25.0 Å². The van der Waals surface area contributed by atoms with Gasteiger partial charge in [0.25, 0.3) is 11.8 Å². The standard InChI is InChI=1S/C31H36F2IN5O3/c1-19-8-5-4-6-11-39(19)27-23-14-38(28(41)22-13-21(40)12-20-9-7-10-24(34)26(20)22)15-25(23)35-29(36-27)42-18-30(17-37(2)3)16-31(30,32)33/h7,9-10,12-13,19,40H,4-6,8,11,14-18H2,1-3H3/t19-,30?/m1/s1. The first kappa shape index (κ1) is 29.3. The van der Waals surface area contributed by atoms with Gasteiger partial charge in [0.2, 0.25) is 0 Å². The summed E-state index contributed by atoms with van der Waals surface area (Å²) in [4.78, 5) is 29.2. The summed E-state index contributed by atoms with van der Waals surface area (Å²) in [5.74, 6) is -2.25. The molecule has 1 aromatic heterocycles.